The first-order chi connectivity index (χ1) is 8.99. The predicted molar refractivity (Wildman–Crippen MR) is 77.2 cm³/mol. The molecule has 5 heteroatoms. The molecule has 1 unspecified atom stereocenters. The number of carbonyl (C=O) groups excluding carboxylic acids is 1. The maximum absolute atomic E-state index is 11.9. The second-order valence-electron chi connectivity index (χ2n) is 5.94. The van der Waals surface area contributed by atoms with Crippen molar-refractivity contribution in [2.45, 2.75) is 38.8 Å². The quantitative estimate of drug-likeness (QED) is 0.706. The maximum Gasteiger partial charge on any atom is 0.246 e. The molecule has 19 heavy (non-hydrogen) atoms. The Bertz CT molecular complexity index is 263. The lowest BCUT2D eigenvalue weighted by atomic mass is 10.0. The standard InChI is InChI=1S/C14H29N3O2/c1-11(2)13(9-17(3)4)16-14(18)10-19-12-5-7-15-8-6-12/h11-13,15H,5-10H2,1-4H3,(H,16,18). The summed E-state index contributed by atoms with van der Waals surface area (Å²) in [6.45, 7) is 7.27. The summed E-state index contributed by atoms with van der Waals surface area (Å²) in [4.78, 5) is 14.0. The van der Waals surface area contributed by atoms with Crippen molar-refractivity contribution in [3.63, 3.8) is 0 Å². The number of amides is 1. The molecule has 5 nitrogen and oxygen atoms in total. The molecular weight excluding hydrogens is 242 g/mol. The largest absolute Gasteiger partial charge is 0.368 e. The van der Waals surface area contributed by atoms with Crippen molar-refractivity contribution in [2.24, 2.45) is 5.92 Å². The Balaban J connectivity index is 2.27. The third kappa shape index (κ3) is 6.89. The van der Waals surface area contributed by atoms with Crippen molar-refractivity contribution in [1.29, 1.82) is 0 Å². The van der Waals surface area contributed by atoms with Crippen LogP contribution in [0.25, 0.3) is 0 Å². The average molecular weight is 271 g/mol. The molecule has 0 aromatic rings. The molecule has 2 N–H and O–H groups in total. The Kier molecular flexibility index (Phi) is 7.34. The van der Waals surface area contributed by atoms with E-state index in [1.807, 2.05) is 14.1 Å². The van der Waals surface area contributed by atoms with E-state index in [0.29, 0.717) is 5.92 Å². The van der Waals surface area contributed by atoms with Crippen LogP contribution in [0.2, 0.25) is 0 Å². The second kappa shape index (κ2) is 8.51. The molecule has 1 amide bonds. The summed E-state index contributed by atoms with van der Waals surface area (Å²) in [6, 6.07) is 0.180. The van der Waals surface area contributed by atoms with Gasteiger partial charge >= 0.3 is 0 Å². The van der Waals surface area contributed by atoms with Gasteiger partial charge in [0.25, 0.3) is 0 Å². The van der Waals surface area contributed by atoms with Gasteiger partial charge in [0, 0.05) is 12.6 Å². The van der Waals surface area contributed by atoms with Crippen molar-refractivity contribution in [2.75, 3.05) is 40.3 Å². The van der Waals surface area contributed by atoms with Gasteiger partial charge in [0.2, 0.25) is 5.91 Å². The van der Waals surface area contributed by atoms with Crippen molar-refractivity contribution in [3.05, 3.63) is 0 Å². The van der Waals surface area contributed by atoms with E-state index in [4.69, 9.17) is 4.74 Å². The number of likely N-dealkylation sites (N-methyl/N-ethyl adjacent to an activating group) is 1. The fourth-order valence-electron chi connectivity index (χ4n) is 2.22. The fraction of sp³-hybridized carbons (Fsp3) is 0.929. The van der Waals surface area contributed by atoms with Crippen molar-refractivity contribution in [3.8, 4) is 0 Å². The van der Waals surface area contributed by atoms with Crippen LogP contribution in [0.1, 0.15) is 26.7 Å². The van der Waals surface area contributed by atoms with Gasteiger partial charge in [-0.05, 0) is 45.9 Å². The van der Waals surface area contributed by atoms with Gasteiger partial charge in [-0.15, -0.1) is 0 Å². The lowest BCUT2D eigenvalue weighted by Crippen LogP contribution is -2.46. The first-order valence-electron chi connectivity index (χ1n) is 7.25. The summed E-state index contributed by atoms with van der Waals surface area (Å²) in [5.74, 6) is 0.421. The van der Waals surface area contributed by atoms with E-state index >= 15 is 0 Å². The number of nitrogens with one attached hydrogen (secondary N) is 2. The molecule has 0 saturated carbocycles. The Morgan fingerprint density at radius 3 is 2.53 bits per heavy atom. The van der Waals surface area contributed by atoms with Gasteiger partial charge < -0.3 is 20.3 Å². The van der Waals surface area contributed by atoms with Crippen LogP contribution in [0.5, 0.6) is 0 Å². The predicted octanol–water partition coefficient (Wildman–Crippen LogP) is 0.457. The van der Waals surface area contributed by atoms with E-state index in [2.05, 4.69) is 29.4 Å². The monoisotopic (exact) mass is 271 g/mol. The van der Waals surface area contributed by atoms with E-state index in [1.54, 1.807) is 0 Å². The molecule has 1 aliphatic heterocycles. The van der Waals surface area contributed by atoms with Crippen LogP contribution >= 0.6 is 0 Å². The normalized spacial score (nSPS) is 18.8. The molecule has 0 aliphatic carbocycles. The molecule has 1 atom stereocenters. The van der Waals surface area contributed by atoms with Crippen molar-refractivity contribution in [1.82, 2.24) is 15.5 Å². The third-order valence-corrected chi connectivity index (χ3v) is 3.45. The van der Waals surface area contributed by atoms with E-state index < -0.39 is 0 Å². The van der Waals surface area contributed by atoms with E-state index in [0.717, 1.165) is 32.5 Å². The summed E-state index contributed by atoms with van der Waals surface area (Å²) in [5, 5.41) is 6.35. The summed E-state index contributed by atoms with van der Waals surface area (Å²) in [5.41, 5.74) is 0. The zero-order valence-electron chi connectivity index (χ0n) is 12.7. The average Bonchev–Trinajstić information content (AvgIpc) is 2.36. The maximum atomic E-state index is 11.9. The third-order valence-electron chi connectivity index (χ3n) is 3.45. The van der Waals surface area contributed by atoms with Gasteiger partial charge in [-0.2, -0.15) is 0 Å². The number of nitrogens with zero attached hydrogens (tertiary/aromatic N) is 1. The van der Waals surface area contributed by atoms with E-state index in [9.17, 15) is 4.79 Å². The molecule has 0 spiro atoms. The fourth-order valence-corrected chi connectivity index (χ4v) is 2.22. The molecule has 1 rings (SSSR count). The highest BCUT2D eigenvalue weighted by Crippen LogP contribution is 2.07. The summed E-state index contributed by atoms with van der Waals surface area (Å²) >= 11 is 0. The van der Waals surface area contributed by atoms with E-state index in [1.165, 1.54) is 0 Å². The molecule has 1 saturated heterocycles. The van der Waals surface area contributed by atoms with Crippen LogP contribution in [0.4, 0.5) is 0 Å². The Hall–Kier alpha value is -0.650. The van der Waals surface area contributed by atoms with Gasteiger partial charge in [-0.1, -0.05) is 13.8 Å². The first kappa shape index (κ1) is 16.4. The topological polar surface area (TPSA) is 53.6 Å². The molecule has 0 radical (unpaired) electrons. The molecule has 0 aromatic carbocycles. The zero-order valence-corrected chi connectivity index (χ0v) is 12.7. The Labute approximate surface area is 117 Å². The molecule has 1 fully saturated rings. The number of rotatable bonds is 7. The van der Waals surface area contributed by atoms with Gasteiger partial charge in [0.05, 0.1) is 6.10 Å². The molecule has 112 valence electrons. The van der Waals surface area contributed by atoms with Gasteiger partial charge in [-0.3, -0.25) is 4.79 Å². The highest BCUT2D eigenvalue weighted by atomic mass is 16.5. The molecule has 1 heterocycles. The molecule has 0 bridgehead atoms. The van der Waals surface area contributed by atoms with Crippen LogP contribution in [0, 0.1) is 5.92 Å². The van der Waals surface area contributed by atoms with Crippen LogP contribution in [-0.4, -0.2) is 63.3 Å². The highest BCUT2D eigenvalue weighted by molar-refractivity contribution is 5.77. The van der Waals surface area contributed by atoms with E-state index in [-0.39, 0.29) is 24.7 Å². The van der Waals surface area contributed by atoms with Gasteiger partial charge in [0.15, 0.2) is 0 Å². The van der Waals surface area contributed by atoms with Crippen LogP contribution in [-0.2, 0) is 9.53 Å². The van der Waals surface area contributed by atoms with Crippen molar-refractivity contribution >= 4 is 5.91 Å². The molecular formula is C14H29N3O2. The molecule has 1 aliphatic rings. The lowest BCUT2D eigenvalue weighted by molar-refractivity contribution is -0.129. The van der Waals surface area contributed by atoms with Gasteiger partial charge in [0.1, 0.15) is 6.61 Å². The SMILES string of the molecule is CC(C)C(CN(C)C)NC(=O)COC1CCNCC1. The van der Waals surface area contributed by atoms with Crippen LogP contribution in [0.3, 0.4) is 0 Å². The minimum absolute atomic E-state index is 0.000849. The summed E-state index contributed by atoms with van der Waals surface area (Å²) in [7, 11) is 4.04. The number of hydrogen-bond acceptors (Lipinski definition) is 4. The van der Waals surface area contributed by atoms with Gasteiger partial charge in [-0.25, -0.2) is 0 Å². The molecule has 0 aromatic heterocycles. The smallest absolute Gasteiger partial charge is 0.246 e. The lowest BCUT2D eigenvalue weighted by Gasteiger charge is -2.27. The first-order valence-corrected chi connectivity index (χ1v) is 7.25. The number of piperidine rings is 1. The number of carbonyl (C=O) groups is 1. The highest BCUT2D eigenvalue weighted by Gasteiger charge is 2.19. The summed E-state index contributed by atoms with van der Waals surface area (Å²) < 4.78 is 5.66. The second-order valence-corrected chi connectivity index (χ2v) is 5.94. The van der Waals surface area contributed by atoms with Crippen LogP contribution < -0.4 is 10.6 Å². The summed E-state index contributed by atoms with van der Waals surface area (Å²) in [6.07, 6.45) is 2.23. The Morgan fingerprint density at radius 2 is 2.00 bits per heavy atom. The zero-order chi connectivity index (χ0) is 14.3. The minimum Gasteiger partial charge on any atom is -0.368 e. The number of hydrogen-bond donors (Lipinski definition) is 2. The van der Waals surface area contributed by atoms with Crippen LogP contribution in [0.15, 0.2) is 0 Å². The minimum atomic E-state index is -0.000849. The van der Waals surface area contributed by atoms with Crippen molar-refractivity contribution < 1.29 is 9.53 Å². The Morgan fingerprint density at radius 1 is 1.37 bits per heavy atom. The number of ether oxygens (including phenoxy) is 1.